The van der Waals surface area contributed by atoms with E-state index in [4.69, 9.17) is 4.42 Å². The molecule has 114 valence electrons. The zero-order valence-electron chi connectivity index (χ0n) is 12.0. The van der Waals surface area contributed by atoms with Gasteiger partial charge in [-0.05, 0) is 34.5 Å². The standard InChI is InChI=1S/C16H12N4OS2/c1-2-12(21-5-1)8-18-16-19-9-13(11-3-6-22-10-11)14(20-16)15-17-4-7-23-15/h1-7,9-10H,8H2,(H,18,19,20). The molecule has 0 aliphatic rings. The zero-order valence-corrected chi connectivity index (χ0v) is 13.6. The Morgan fingerprint density at radius 2 is 2.17 bits per heavy atom. The van der Waals surface area contributed by atoms with Crippen LogP contribution in [0.1, 0.15) is 5.76 Å². The normalized spacial score (nSPS) is 10.8. The SMILES string of the molecule is c1coc(CNc2ncc(-c3ccsc3)c(-c3nccs3)n2)c1. The van der Waals surface area contributed by atoms with Crippen molar-refractivity contribution < 1.29 is 4.42 Å². The molecular weight excluding hydrogens is 328 g/mol. The number of nitrogens with one attached hydrogen (secondary N) is 1. The van der Waals surface area contributed by atoms with E-state index in [2.05, 4.69) is 31.7 Å². The number of furan rings is 1. The maximum atomic E-state index is 5.31. The first-order valence-electron chi connectivity index (χ1n) is 6.96. The predicted octanol–water partition coefficient (Wildman–Crippen LogP) is 4.53. The minimum Gasteiger partial charge on any atom is -0.467 e. The van der Waals surface area contributed by atoms with Crippen molar-refractivity contribution in [3.8, 4) is 21.8 Å². The van der Waals surface area contributed by atoms with E-state index in [1.807, 2.05) is 29.1 Å². The fourth-order valence-corrected chi connectivity index (χ4v) is 3.47. The lowest BCUT2D eigenvalue weighted by Crippen LogP contribution is -2.04. The van der Waals surface area contributed by atoms with Gasteiger partial charge in [-0.25, -0.2) is 15.0 Å². The molecule has 4 rings (SSSR count). The minimum absolute atomic E-state index is 0.544. The van der Waals surface area contributed by atoms with E-state index in [-0.39, 0.29) is 0 Å². The number of nitrogens with zero attached hydrogens (tertiary/aromatic N) is 3. The summed E-state index contributed by atoms with van der Waals surface area (Å²) in [6, 6.07) is 5.84. The van der Waals surface area contributed by atoms with E-state index in [9.17, 15) is 0 Å². The molecule has 1 N–H and O–H groups in total. The Labute approximate surface area is 140 Å². The zero-order chi connectivity index (χ0) is 15.5. The van der Waals surface area contributed by atoms with Crippen molar-refractivity contribution in [2.45, 2.75) is 6.54 Å². The van der Waals surface area contributed by atoms with Crippen LogP contribution in [0.3, 0.4) is 0 Å². The molecular formula is C16H12N4OS2. The van der Waals surface area contributed by atoms with Crippen LogP contribution in [-0.2, 0) is 6.54 Å². The van der Waals surface area contributed by atoms with Gasteiger partial charge in [0.2, 0.25) is 5.95 Å². The van der Waals surface area contributed by atoms with Gasteiger partial charge in [0, 0.05) is 23.3 Å². The molecule has 0 aromatic carbocycles. The molecule has 0 spiro atoms. The van der Waals surface area contributed by atoms with Crippen molar-refractivity contribution in [3.63, 3.8) is 0 Å². The van der Waals surface area contributed by atoms with Gasteiger partial charge in [-0.3, -0.25) is 0 Å². The smallest absolute Gasteiger partial charge is 0.223 e. The van der Waals surface area contributed by atoms with Gasteiger partial charge >= 0.3 is 0 Å². The molecule has 0 bridgehead atoms. The number of rotatable bonds is 5. The lowest BCUT2D eigenvalue weighted by atomic mass is 10.1. The van der Waals surface area contributed by atoms with E-state index < -0.39 is 0 Å². The molecule has 23 heavy (non-hydrogen) atoms. The number of hydrogen-bond donors (Lipinski definition) is 1. The van der Waals surface area contributed by atoms with Crippen molar-refractivity contribution in [1.82, 2.24) is 15.0 Å². The molecule has 0 aliphatic heterocycles. The average molecular weight is 340 g/mol. The van der Waals surface area contributed by atoms with E-state index in [1.54, 1.807) is 35.1 Å². The van der Waals surface area contributed by atoms with Gasteiger partial charge in [-0.15, -0.1) is 11.3 Å². The first-order chi connectivity index (χ1) is 11.4. The Kier molecular flexibility index (Phi) is 3.87. The maximum Gasteiger partial charge on any atom is 0.223 e. The second kappa shape index (κ2) is 6.31. The van der Waals surface area contributed by atoms with Crippen molar-refractivity contribution in [2.75, 3.05) is 5.32 Å². The van der Waals surface area contributed by atoms with Gasteiger partial charge in [0.25, 0.3) is 0 Å². The molecule has 0 unspecified atom stereocenters. The van der Waals surface area contributed by atoms with Crippen molar-refractivity contribution in [2.24, 2.45) is 0 Å². The summed E-state index contributed by atoms with van der Waals surface area (Å²) in [5, 5.41) is 10.2. The second-order valence-corrected chi connectivity index (χ2v) is 6.41. The Bertz CT molecular complexity index is 871. The summed E-state index contributed by atoms with van der Waals surface area (Å²) in [5.74, 6) is 1.40. The van der Waals surface area contributed by atoms with Crippen molar-refractivity contribution >= 4 is 28.6 Å². The fraction of sp³-hybridized carbons (Fsp3) is 0.0625. The van der Waals surface area contributed by atoms with Crippen LogP contribution in [0, 0.1) is 0 Å². The van der Waals surface area contributed by atoms with E-state index in [0.717, 1.165) is 27.6 Å². The van der Waals surface area contributed by atoms with Crippen LogP contribution in [0.5, 0.6) is 0 Å². The summed E-state index contributed by atoms with van der Waals surface area (Å²) in [4.78, 5) is 13.5. The van der Waals surface area contributed by atoms with Gasteiger partial charge in [0.15, 0.2) is 0 Å². The van der Waals surface area contributed by atoms with Crippen LogP contribution in [0.4, 0.5) is 5.95 Å². The second-order valence-electron chi connectivity index (χ2n) is 4.74. The summed E-state index contributed by atoms with van der Waals surface area (Å²) >= 11 is 3.22. The summed E-state index contributed by atoms with van der Waals surface area (Å²) in [5.41, 5.74) is 2.94. The highest BCUT2D eigenvalue weighted by atomic mass is 32.1. The quantitative estimate of drug-likeness (QED) is 0.578. The molecule has 7 heteroatoms. The highest BCUT2D eigenvalue weighted by molar-refractivity contribution is 7.13. The lowest BCUT2D eigenvalue weighted by molar-refractivity contribution is 0.517. The van der Waals surface area contributed by atoms with Gasteiger partial charge < -0.3 is 9.73 Å². The Morgan fingerprint density at radius 3 is 2.91 bits per heavy atom. The molecule has 0 saturated heterocycles. The van der Waals surface area contributed by atoms with Crippen LogP contribution < -0.4 is 5.32 Å². The highest BCUT2D eigenvalue weighted by Gasteiger charge is 2.14. The Balaban J connectivity index is 1.69. The molecule has 0 aliphatic carbocycles. The Morgan fingerprint density at radius 1 is 1.17 bits per heavy atom. The summed E-state index contributed by atoms with van der Waals surface area (Å²) in [6.45, 7) is 0.544. The third-order valence-electron chi connectivity index (χ3n) is 3.26. The third-order valence-corrected chi connectivity index (χ3v) is 4.72. The summed E-state index contributed by atoms with van der Waals surface area (Å²) in [6.07, 6.45) is 5.28. The van der Waals surface area contributed by atoms with Crippen LogP contribution >= 0.6 is 22.7 Å². The number of aromatic nitrogens is 3. The monoisotopic (exact) mass is 340 g/mol. The van der Waals surface area contributed by atoms with E-state index in [1.165, 1.54) is 0 Å². The molecule has 5 nitrogen and oxygen atoms in total. The summed E-state index contributed by atoms with van der Waals surface area (Å²) < 4.78 is 5.31. The maximum absolute atomic E-state index is 5.31. The molecule has 4 aromatic rings. The van der Waals surface area contributed by atoms with Gasteiger partial charge in [-0.2, -0.15) is 11.3 Å². The number of thiophene rings is 1. The topological polar surface area (TPSA) is 63.8 Å². The Hall–Kier alpha value is -2.51. The fourth-order valence-electron chi connectivity index (χ4n) is 2.18. The van der Waals surface area contributed by atoms with Crippen LogP contribution in [0.25, 0.3) is 21.8 Å². The van der Waals surface area contributed by atoms with Gasteiger partial charge in [0.05, 0.1) is 12.8 Å². The first-order valence-corrected chi connectivity index (χ1v) is 8.78. The predicted molar refractivity (Wildman–Crippen MR) is 92.5 cm³/mol. The number of thiazole rings is 1. The lowest BCUT2D eigenvalue weighted by Gasteiger charge is -2.08. The molecule has 0 radical (unpaired) electrons. The van der Waals surface area contributed by atoms with E-state index >= 15 is 0 Å². The van der Waals surface area contributed by atoms with Crippen molar-refractivity contribution in [3.05, 3.63) is 58.8 Å². The van der Waals surface area contributed by atoms with Crippen LogP contribution in [-0.4, -0.2) is 15.0 Å². The minimum atomic E-state index is 0.544. The molecule has 0 fully saturated rings. The summed E-state index contributed by atoms with van der Waals surface area (Å²) in [7, 11) is 0. The average Bonchev–Trinajstić information content (AvgIpc) is 3.36. The van der Waals surface area contributed by atoms with Gasteiger partial charge in [-0.1, -0.05) is 0 Å². The van der Waals surface area contributed by atoms with Crippen LogP contribution in [0.15, 0.2) is 57.4 Å². The largest absolute Gasteiger partial charge is 0.467 e. The molecule has 0 saturated carbocycles. The molecule has 0 amide bonds. The number of hydrogen-bond acceptors (Lipinski definition) is 7. The third kappa shape index (κ3) is 3.01. The van der Waals surface area contributed by atoms with Crippen molar-refractivity contribution in [1.29, 1.82) is 0 Å². The van der Waals surface area contributed by atoms with Gasteiger partial charge in [0.1, 0.15) is 16.5 Å². The number of anilines is 1. The highest BCUT2D eigenvalue weighted by Crippen LogP contribution is 2.32. The first kappa shape index (κ1) is 14.1. The molecule has 4 heterocycles. The van der Waals surface area contributed by atoms with Crippen LogP contribution in [0.2, 0.25) is 0 Å². The molecule has 0 atom stereocenters. The van der Waals surface area contributed by atoms with E-state index in [0.29, 0.717) is 12.5 Å². The molecule has 4 aromatic heterocycles.